The summed E-state index contributed by atoms with van der Waals surface area (Å²) in [6.45, 7) is 1.68. The van der Waals surface area contributed by atoms with E-state index >= 15 is 0 Å². The molecule has 6 heteroatoms. The van der Waals surface area contributed by atoms with E-state index in [1.807, 2.05) is 0 Å². The Balaban J connectivity index is 2.15. The van der Waals surface area contributed by atoms with Crippen LogP contribution in [0.15, 0.2) is 47.4 Å². The third kappa shape index (κ3) is 3.40. The summed E-state index contributed by atoms with van der Waals surface area (Å²) in [6, 6.07) is 9.70. The molecule has 2 aromatic carbocycles. The maximum Gasteiger partial charge on any atom is 0.240 e. The Kier molecular flexibility index (Phi) is 4.15. The molecule has 1 N–H and O–H groups in total. The molecule has 0 heterocycles. The van der Waals surface area contributed by atoms with Crippen LogP contribution in [-0.2, 0) is 16.6 Å². The van der Waals surface area contributed by atoms with Crippen molar-refractivity contribution in [3.05, 3.63) is 65.2 Å². The summed E-state index contributed by atoms with van der Waals surface area (Å²) in [5, 5.41) is 0. The summed E-state index contributed by atoms with van der Waals surface area (Å²) >= 11 is 0. The van der Waals surface area contributed by atoms with Crippen LogP contribution in [-0.4, -0.2) is 8.42 Å². The minimum Gasteiger partial charge on any atom is -0.207 e. The molecule has 0 amide bonds. The molecule has 2 aromatic rings. The summed E-state index contributed by atoms with van der Waals surface area (Å²) in [5.74, 6) is -1.97. The average molecular weight is 297 g/mol. The van der Waals surface area contributed by atoms with Crippen LogP contribution in [0, 0.1) is 18.6 Å². The zero-order valence-corrected chi connectivity index (χ0v) is 11.5. The minimum atomic E-state index is -3.67. The Morgan fingerprint density at radius 2 is 1.80 bits per heavy atom. The highest BCUT2D eigenvalue weighted by atomic mass is 32.2. The lowest BCUT2D eigenvalue weighted by molar-refractivity contribution is 0.506. The van der Waals surface area contributed by atoms with Gasteiger partial charge in [-0.1, -0.05) is 18.2 Å². The van der Waals surface area contributed by atoms with Crippen molar-refractivity contribution >= 4 is 10.0 Å². The van der Waals surface area contributed by atoms with Gasteiger partial charge in [-0.25, -0.2) is 21.9 Å². The quantitative estimate of drug-likeness (QED) is 0.943. The first-order valence-electron chi connectivity index (χ1n) is 5.89. The molecule has 0 atom stereocenters. The first-order valence-corrected chi connectivity index (χ1v) is 7.37. The summed E-state index contributed by atoms with van der Waals surface area (Å²) in [6.07, 6.45) is 0. The topological polar surface area (TPSA) is 46.2 Å². The zero-order chi connectivity index (χ0) is 14.8. The number of rotatable bonds is 4. The normalized spacial score (nSPS) is 11.6. The van der Waals surface area contributed by atoms with Crippen molar-refractivity contribution in [2.75, 3.05) is 0 Å². The van der Waals surface area contributed by atoms with Crippen molar-refractivity contribution in [1.82, 2.24) is 4.72 Å². The van der Waals surface area contributed by atoms with E-state index in [9.17, 15) is 17.2 Å². The SMILES string of the molecule is Cc1cccc(S(=O)(=O)NCc2ccc(F)c(F)c2)c1. The van der Waals surface area contributed by atoms with Crippen molar-refractivity contribution in [1.29, 1.82) is 0 Å². The van der Waals surface area contributed by atoms with Gasteiger partial charge in [0.25, 0.3) is 0 Å². The Morgan fingerprint density at radius 1 is 1.05 bits per heavy atom. The van der Waals surface area contributed by atoms with Crippen molar-refractivity contribution in [2.24, 2.45) is 0 Å². The van der Waals surface area contributed by atoms with Crippen LogP contribution < -0.4 is 4.72 Å². The lowest BCUT2D eigenvalue weighted by Gasteiger charge is -2.07. The molecule has 2 rings (SSSR count). The molecule has 0 spiro atoms. The van der Waals surface area contributed by atoms with Gasteiger partial charge in [0.15, 0.2) is 11.6 Å². The standard InChI is InChI=1S/C14H13F2NO2S/c1-10-3-2-4-12(7-10)20(18,19)17-9-11-5-6-13(15)14(16)8-11/h2-8,17H,9H2,1H3. The van der Waals surface area contributed by atoms with Gasteiger partial charge in [-0.15, -0.1) is 0 Å². The highest BCUT2D eigenvalue weighted by molar-refractivity contribution is 7.89. The molecular formula is C14H13F2NO2S. The van der Waals surface area contributed by atoms with Crippen LogP contribution in [0.2, 0.25) is 0 Å². The van der Waals surface area contributed by atoms with E-state index in [1.54, 1.807) is 19.1 Å². The maximum absolute atomic E-state index is 13.0. The van der Waals surface area contributed by atoms with Crippen LogP contribution in [0.25, 0.3) is 0 Å². The number of halogens is 2. The fraction of sp³-hybridized carbons (Fsp3) is 0.143. The Hall–Kier alpha value is -1.79. The molecule has 0 bridgehead atoms. The van der Waals surface area contributed by atoms with E-state index in [0.29, 0.717) is 5.56 Å². The molecule has 0 aromatic heterocycles. The number of sulfonamides is 1. The number of aryl methyl sites for hydroxylation is 1. The second kappa shape index (κ2) is 5.68. The predicted molar refractivity (Wildman–Crippen MR) is 71.6 cm³/mol. The van der Waals surface area contributed by atoms with Gasteiger partial charge < -0.3 is 0 Å². The molecule has 106 valence electrons. The van der Waals surface area contributed by atoms with E-state index in [0.717, 1.165) is 17.7 Å². The van der Waals surface area contributed by atoms with Crippen molar-refractivity contribution in [3.8, 4) is 0 Å². The molecule has 0 saturated heterocycles. The van der Waals surface area contributed by atoms with Crippen molar-refractivity contribution in [2.45, 2.75) is 18.4 Å². The summed E-state index contributed by atoms with van der Waals surface area (Å²) in [4.78, 5) is 0.139. The minimum absolute atomic E-state index is 0.104. The van der Waals surface area contributed by atoms with Crippen LogP contribution in [0.1, 0.15) is 11.1 Å². The van der Waals surface area contributed by atoms with Crippen molar-refractivity contribution in [3.63, 3.8) is 0 Å². The average Bonchev–Trinajstić information content (AvgIpc) is 2.40. The Bertz CT molecular complexity index is 730. The molecule has 0 radical (unpaired) electrons. The van der Waals surface area contributed by atoms with E-state index in [1.165, 1.54) is 18.2 Å². The first-order chi connectivity index (χ1) is 9.38. The van der Waals surface area contributed by atoms with Gasteiger partial charge in [0.2, 0.25) is 10.0 Å². The van der Waals surface area contributed by atoms with E-state index in [2.05, 4.69) is 4.72 Å². The molecule has 0 aliphatic heterocycles. The monoisotopic (exact) mass is 297 g/mol. The summed E-state index contributed by atoms with van der Waals surface area (Å²) in [7, 11) is -3.67. The second-order valence-electron chi connectivity index (χ2n) is 4.39. The predicted octanol–water partition coefficient (Wildman–Crippen LogP) is 2.75. The molecule has 0 fully saturated rings. The van der Waals surface area contributed by atoms with Gasteiger partial charge in [-0.2, -0.15) is 0 Å². The molecule has 20 heavy (non-hydrogen) atoms. The Labute approximate surface area is 116 Å². The maximum atomic E-state index is 13.0. The van der Waals surface area contributed by atoms with Gasteiger partial charge in [0.05, 0.1) is 4.90 Å². The summed E-state index contributed by atoms with van der Waals surface area (Å²) < 4.78 is 52.2. The molecule has 3 nitrogen and oxygen atoms in total. The third-order valence-corrected chi connectivity index (χ3v) is 4.15. The zero-order valence-electron chi connectivity index (χ0n) is 10.7. The fourth-order valence-electron chi connectivity index (χ4n) is 1.69. The molecular weight excluding hydrogens is 284 g/mol. The van der Waals surface area contributed by atoms with Gasteiger partial charge >= 0.3 is 0 Å². The van der Waals surface area contributed by atoms with E-state index < -0.39 is 21.7 Å². The molecule has 0 unspecified atom stereocenters. The van der Waals surface area contributed by atoms with Crippen LogP contribution in [0.4, 0.5) is 8.78 Å². The Morgan fingerprint density at radius 3 is 2.45 bits per heavy atom. The number of nitrogens with one attached hydrogen (secondary N) is 1. The van der Waals surface area contributed by atoms with E-state index in [-0.39, 0.29) is 11.4 Å². The number of hydrogen-bond acceptors (Lipinski definition) is 2. The molecule has 0 aliphatic carbocycles. The van der Waals surface area contributed by atoms with Crippen molar-refractivity contribution < 1.29 is 17.2 Å². The van der Waals surface area contributed by atoms with Crippen LogP contribution in [0.5, 0.6) is 0 Å². The molecule has 0 saturated carbocycles. The lowest BCUT2D eigenvalue weighted by atomic mass is 10.2. The lowest BCUT2D eigenvalue weighted by Crippen LogP contribution is -2.23. The highest BCUT2D eigenvalue weighted by Crippen LogP contribution is 2.13. The van der Waals surface area contributed by atoms with Gasteiger partial charge in [-0.05, 0) is 42.3 Å². The van der Waals surface area contributed by atoms with E-state index in [4.69, 9.17) is 0 Å². The molecule has 0 aliphatic rings. The smallest absolute Gasteiger partial charge is 0.207 e. The number of benzene rings is 2. The van der Waals surface area contributed by atoms with Crippen LogP contribution >= 0.6 is 0 Å². The summed E-state index contributed by atoms with van der Waals surface area (Å²) in [5.41, 5.74) is 1.17. The second-order valence-corrected chi connectivity index (χ2v) is 6.16. The largest absolute Gasteiger partial charge is 0.240 e. The van der Waals surface area contributed by atoms with Gasteiger partial charge in [0, 0.05) is 6.54 Å². The van der Waals surface area contributed by atoms with Crippen LogP contribution in [0.3, 0.4) is 0 Å². The first kappa shape index (κ1) is 14.6. The third-order valence-electron chi connectivity index (χ3n) is 2.75. The highest BCUT2D eigenvalue weighted by Gasteiger charge is 2.14. The van der Waals surface area contributed by atoms with Gasteiger partial charge in [0.1, 0.15) is 0 Å². The van der Waals surface area contributed by atoms with Gasteiger partial charge in [-0.3, -0.25) is 0 Å². The fourth-order valence-corrected chi connectivity index (χ4v) is 2.82. The number of hydrogen-bond donors (Lipinski definition) is 1.